The van der Waals surface area contributed by atoms with E-state index in [-0.39, 0.29) is 41.1 Å². The Balaban J connectivity index is 0.00000363. The number of anilines is 1. The molecular formula is C24H33FIN5O. The summed E-state index contributed by atoms with van der Waals surface area (Å²) >= 11 is 0. The average Bonchev–Trinajstić information content (AvgIpc) is 3.51. The molecule has 1 aliphatic carbocycles. The number of carbonyl (C=O) groups excluding carboxylic acids is 1. The molecular weight excluding hydrogens is 520 g/mol. The van der Waals surface area contributed by atoms with Crippen LogP contribution < -0.4 is 16.0 Å². The molecule has 1 fully saturated rings. The molecule has 0 atom stereocenters. The largest absolute Gasteiger partial charge is 0.357 e. The highest BCUT2D eigenvalue weighted by Crippen LogP contribution is 2.47. The third-order valence-corrected chi connectivity index (χ3v) is 5.32. The van der Waals surface area contributed by atoms with E-state index in [0.717, 1.165) is 42.2 Å². The van der Waals surface area contributed by atoms with Gasteiger partial charge in [-0.25, -0.2) is 9.38 Å². The Hall–Kier alpha value is -2.20. The van der Waals surface area contributed by atoms with Gasteiger partial charge in [-0.15, -0.1) is 24.0 Å². The van der Waals surface area contributed by atoms with Crippen molar-refractivity contribution in [2.75, 3.05) is 39.0 Å². The van der Waals surface area contributed by atoms with E-state index in [1.807, 2.05) is 56.3 Å². The van der Waals surface area contributed by atoms with Crippen LogP contribution in [0.4, 0.5) is 10.1 Å². The van der Waals surface area contributed by atoms with E-state index in [1.165, 1.54) is 6.07 Å². The number of benzene rings is 2. The number of carbonyl (C=O) groups is 1. The van der Waals surface area contributed by atoms with E-state index in [0.29, 0.717) is 19.6 Å². The number of aliphatic imine (C=N–C) groups is 1. The van der Waals surface area contributed by atoms with E-state index in [1.54, 1.807) is 12.1 Å². The fourth-order valence-electron chi connectivity index (χ4n) is 3.54. The molecule has 0 aromatic heterocycles. The fraction of sp³-hybridized carbons (Fsp3) is 0.417. The van der Waals surface area contributed by atoms with Gasteiger partial charge < -0.3 is 20.9 Å². The van der Waals surface area contributed by atoms with Crippen LogP contribution in [0.3, 0.4) is 0 Å². The van der Waals surface area contributed by atoms with Gasteiger partial charge in [-0.3, -0.25) is 4.79 Å². The molecule has 0 bridgehead atoms. The summed E-state index contributed by atoms with van der Waals surface area (Å²) in [5.74, 6) is 0.488. The smallest absolute Gasteiger partial charge is 0.238 e. The maximum atomic E-state index is 13.6. The van der Waals surface area contributed by atoms with Crippen molar-refractivity contribution in [2.24, 2.45) is 4.99 Å². The van der Waals surface area contributed by atoms with Crippen molar-refractivity contribution in [1.82, 2.24) is 15.5 Å². The fourth-order valence-corrected chi connectivity index (χ4v) is 3.54. The van der Waals surface area contributed by atoms with Gasteiger partial charge >= 0.3 is 0 Å². The quantitative estimate of drug-likeness (QED) is 0.252. The molecule has 8 heteroatoms. The van der Waals surface area contributed by atoms with E-state index in [9.17, 15) is 9.18 Å². The highest BCUT2D eigenvalue weighted by atomic mass is 127. The van der Waals surface area contributed by atoms with E-state index in [2.05, 4.69) is 16.0 Å². The topological polar surface area (TPSA) is 68.8 Å². The summed E-state index contributed by atoms with van der Waals surface area (Å²) in [6, 6.07) is 14.6. The van der Waals surface area contributed by atoms with Crippen LogP contribution in [0.25, 0.3) is 0 Å². The molecule has 1 aliphatic rings. The minimum absolute atomic E-state index is 0. The molecule has 3 N–H and O–H groups in total. The molecule has 6 nitrogen and oxygen atoms in total. The first-order chi connectivity index (χ1) is 14.9. The SMILES string of the molecule is CCNC(=NCc1cccc(NC(=O)CN(C)C)c1)NCC1(c2cccc(F)c2)CC1.I. The molecule has 0 spiro atoms. The van der Waals surface area contributed by atoms with Crippen molar-refractivity contribution >= 4 is 41.5 Å². The first-order valence-corrected chi connectivity index (χ1v) is 10.7. The van der Waals surface area contributed by atoms with Crippen LogP contribution in [-0.4, -0.2) is 50.5 Å². The zero-order valence-electron chi connectivity index (χ0n) is 19.0. The van der Waals surface area contributed by atoms with Gasteiger partial charge in [-0.2, -0.15) is 0 Å². The van der Waals surface area contributed by atoms with Crippen LogP contribution in [0.2, 0.25) is 0 Å². The van der Waals surface area contributed by atoms with Gasteiger partial charge in [0, 0.05) is 24.2 Å². The zero-order valence-corrected chi connectivity index (χ0v) is 21.3. The van der Waals surface area contributed by atoms with E-state index < -0.39 is 0 Å². The van der Waals surface area contributed by atoms with Crippen LogP contribution in [-0.2, 0) is 16.8 Å². The van der Waals surface area contributed by atoms with Gasteiger partial charge in [0.05, 0.1) is 13.1 Å². The second-order valence-electron chi connectivity index (χ2n) is 8.33. The van der Waals surface area contributed by atoms with Gasteiger partial charge in [-0.05, 0) is 69.3 Å². The van der Waals surface area contributed by atoms with Crippen LogP contribution in [0.5, 0.6) is 0 Å². The number of guanidine groups is 1. The van der Waals surface area contributed by atoms with Gasteiger partial charge in [-0.1, -0.05) is 24.3 Å². The van der Waals surface area contributed by atoms with Crippen LogP contribution in [0.1, 0.15) is 30.9 Å². The minimum atomic E-state index is -0.193. The molecule has 3 rings (SSSR count). The molecule has 0 unspecified atom stereocenters. The summed E-state index contributed by atoms with van der Waals surface area (Å²) < 4.78 is 13.6. The number of halogens is 2. The third kappa shape index (κ3) is 7.74. The lowest BCUT2D eigenvalue weighted by atomic mass is 9.96. The van der Waals surface area contributed by atoms with Crippen molar-refractivity contribution < 1.29 is 9.18 Å². The van der Waals surface area contributed by atoms with Crippen LogP contribution in [0, 0.1) is 5.82 Å². The monoisotopic (exact) mass is 553 g/mol. The van der Waals surface area contributed by atoms with Crippen LogP contribution in [0.15, 0.2) is 53.5 Å². The predicted molar refractivity (Wildman–Crippen MR) is 139 cm³/mol. The van der Waals surface area contributed by atoms with Gasteiger partial charge in [0.1, 0.15) is 5.82 Å². The number of rotatable bonds is 9. The van der Waals surface area contributed by atoms with E-state index in [4.69, 9.17) is 4.99 Å². The van der Waals surface area contributed by atoms with Crippen molar-refractivity contribution in [1.29, 1.82) is 0 Å². The Morgan fingerprint density at radius 2 is 1.88 bits per heavy atom. The number of nitrogens with one attached hydrogen (secondary N) is 3. The Labute approximate surface area is 207 Å². The molecule has 0 radical (unpaired) electrons. The summed E-state index contributed by atoms with van der Waals surface area (Å²) in [5, 5.41) is 9.61. The maximum absolute atomic E-state index is 13.6. The number of likely N-dealkylation sites (N-methyl/N-ethyl adjacent to an activating group) is 1. The molecule has 0 heterocycles. The van der Waals surface area contributed by atoms with Gasteiger partial charge in [0.2, 0.25) is 5.91 Å². The second kappa shape index (κ2) is 12.2. The second-order valence-corrected chi connectivity index (χ2v) is 8.33. The number of amides is 1. The first-order valence-electron chi connectivity index (χ1n) is 10.7. The summed E-state index contributed by atoms with van der Waals surface area (Å²) in [5.41, 5.74) is 2.79. The lowest BCUT2D eigenvalue weighted by molar-refractivity contribution is -0.116. The van der Waals surface area contributed by atoms with Crippen molar-refractivity contribution in [3.05, 3.63) is 65.5 Å². The highest BCUT2D eigenvalue weighted by Gasteiger charge is 2.44. The average molecular weight is 553 g/mol. The predicted octanol–water partition coefficient (Wildman–Crippen LogP) is 3.73. The number of nitrogens with zero attached hydrogens (tertiary/aromatic N) is 2. The number of hydrogen-bond acceptors (Lipinski definition) is 3. The Morgan fingerprint density at radius 3 is 2.53 bits per heavy atom. The van der Waals surface area contributed by atoms with Crippen molar-refractivity contribution in [3.63, 3.8) is 0 Å². The molecule has 174 valence electrons. The van der Waals surface area contributed by atoms with Crippen molar-refractivity contribution in [3.8, 4) is 0 Å². The van der Waals surface area contributed by atoms with Gasteiger partial charge in [0.25, 0.3) is 0 Å². The molecule has 32 heavy (non-hydrogen) atoms. The zero-order chi connectivity index (χ0) is 22.3. The van der Waals surface area contributed by atoms with Gasteiger partial charge in [0.15, 0.2) is 5.96 Å². The van der Waals surface area contributed by atoms with Crippen LogP contribution >= 0.6 is 24.0 Å². The standard InChI is InChI=1S/C24H32FN5O.HI/c1-4-26-23(28-17-24(11-12-24)19-8-6-9-20(25)14-19)27-15-18-7-5-10-21(13-18)29-22(31)16-30(2)3;/h5-10,13-14H,4,11-12,15-17H2,1-3H3,(H,29,31)(H2,26,27,28);1H. The molecule has 2 aromatic carbocycles. The normalized spacial score (nSPS) is 14.5. The maximum Gasteiger partial charge on any atom is 0.238 e. The Kier molecular flexibility index (Phi) is 9.89. The molecule has 1 amide bonds. The third-order valence-electron chi connectivity index (χ3n) is 5.32. The molecule has 0 saturated heterocycles. The van der Waals surface area contributed by atoms with Crippen molar-refractivity contribution in [2.45, 2.75) is 31.7 Å². The molecule has 0 aliphatic heterocycles. The molecule has 2 aromatic rings. The summed E-state index contributed by atoms with van der Waals surface area (Å²) in [7, 11) is 3.72. The lowest BCUT2D eigenvalue weighted by Crippen LogP contribution is -2.41. The first kappa shape index (κ1) is 26.1. The Morgan fingerprint density at radius 1 is 1.12 bits per heavy atom. The lowest BCUT2D eigenvalue weighted by Gasteiger charge is -2.19. The highest BCUT2D eigenvalue weighted by molar-refractivity contribution is 14.0. The minimum Gasteiger partial charge on any atom is -0.357 e. The summed E-state index contributed by atoms with van der Waals surface area (Å²) in [6.07, 6.45) is 2.08. The number of hydrogen-bond donors (Lipinski definition) is 3. The Bertz CT molecular complexity index is 930. The summed E-state index contributed by atoms with van der Waals surface area (Å²) in [4.78, 5) is 18.5. The van der Waals surface area contributed by atoms with E-state index >= 15 is 0 Å². The molecule has 1 saturated carbocycles. The summed E-state index contributed by atoms with van der Waals surface area (Å²) in [6.45, 7) is 4.31.